The van der Waals surface area contributed by atoms with E-state index in [2.05, 4.69) is 46.6 Å². The molecule has 0 aliphatic heterocycles. The summed E-state index contributed by atoms with van der Waals surface area (Å²) in [6.07, 6.45) is 11.1. The molecule has 0 atom stereocenters. The zero-order chi connectivity index (χ0) is 11.5. The molecule has 84 valence electrons. The molecule has 0 aromatic heterocycles. The monoisotopic (exact) mass is 230 g/mol. The summed E-state index contributed by atoms with van der Waals surface area (Å²) in [5.41, 5.74) is 1.49. The van der Waals surface area contributed by atoms with Crippen LogP contribution in [0.4, 0.5) is 0 Å². The zero-order valence-corrected chi connectivity index (χ0v) is 11.5. The van der Waals surface area contributed by atoms with Gasteiger partial charge in [0.1, 0.15) is 0 Å². The van der Waals surface area contributed by atoms with Crippen molar-refractivity contribution in [2.75, 3.05) is 0 Å². The summed E-state index contributed by atoms with van der Waals surface area (Å²) in [5.74, 6) is 0. The molecule has 16 heavy (non-hydrogen) atoms. The minimum atomic E-state index is 1.26. The van der Waals surface area contributed by atoms with Crippen LogP contribution in [0.5, 0.6) is 0 Å². The van der Waals surface area contributed by atoms with Crippen molar-refractivity contribution in [2.24, 2.45) is 0 Å². The van der Waals surface area contributed by atoms with E-state index in [9.17, 15) is 0 Å². The van der Waals surface area contributed by atoms with Crippen LogP contribution in [-0.2, 0) is 6.42 Å². The second-order valence-electron chi connectivity index (χ2n) is 4.50. The Morgan fingerprint density at radius 1 is 0.688 bits per heavy atom. The van der Waals surface area contributed by atoms with E-state index in [-0.39, 0.29) is 0 Å². The van der Waals surface area contributed by atoms with Crippen LogP contribution in [0.15, 0.2) is 30.3 Å². The van der Waals surface area contributed by atoms with Crippen LogP contribution >= 0.6 is 0 Å². The standard InChI is InChI=1S/C15H23.Al/c1-2-3-4-5-6-7-9-12-15-13-10-8-11-14-15;/h8,10-11,13-14H,1-7,9,12H2;/q;+2. The molecule has 0 bridgehead atoms. The minimum absolute atomic E-state index is 1.26. The first-order valence-corrected chi connectivity index (χ1v) is 7.49. The molecule has 0 saturated heterocycles. The first-order chi connectivity index (χ1) is 7.93. The summed E-state index contributed by atoms with van der Waals surface area (Å²) in [5, 5.41) is 1.27. The first-order valence-electron chi connectivity index (χ1n) is 6.67. The van der Waals surface area contributed by atoms with Gasteiger partial charge in [-0.25, -0.2) is 0 Å². The van der Waals surface area contributed by atoms with Crippen LogP contribution in [0.3, 0.4) is 0 Å². The molecule has 0 aliphatic carbocycles. The molecular formula is C15H23Al+2. The summed E-state index contributed by atoms with van der Waals surface area (Å²) in [4.78, 5) is 0. The molecule has 0 nitrogen and oxygen atoms in total. The molecule has 1 aromatic rings. The van der Waals surface area contributed by atoms with Crippen molar-refractivity contribution >= 4 is 16.3 Å². The number of benzene rings is 1. The molecule has 0 aliphatic rings. The summed E-state index contributed by atoms with van der Waals surface area (Å²) < 4.78 is 0. The fourth-order valence-electron chi connectivity index (χ4n) is 2.00. The van der Waals surface area contributed by atoms with E-state index in [1.54, 1.807) is 0 Å². The van der Waals surface area contributed by atoms with Crippen molar-refractivity contribution in [1.82, 2.24) is 0 Å². The van der Waals surface area contributed by atoms with Crippen molar-refractivity contribution < 1.29 is 0 Å². The van der Waals surface area contributed by atoms with Crippen LogP contribution in [0.25, 0.3) is 0 Å². The van der Waals surface area contributed by atoms with Crippen LogP contribution < -0.4 is 0 Å². The molecule has 1 heteroatoms. The van der Waals surface area contributed by atoms with E-state index in [0.29, 0.717) is 0 Å². The van der Waals surface area contributed by atoms with E-state index in [1.807, 2.05) is 0 Å². The Labute approximate surface area is 109 Å². The van der Waals surface area contributed by atoms with Crippen molar-refractivity contribution in [2.45, 2.75) is 56.6 Å². The zero-order valence-electron chi connectivity index (χ0n) is 10.3. The van der Waals surface area contributed by atoms with Gasteiger partial charge in [-0.05, 0) is 0 Å². The Bertz CT molecular complexity index is 243. The molecule has 0 unspecified atom stereocenters. The Hall–Kier alpha value is -0.248. The van der Waals surface area contributed by atoms with Gasteiger partial charge in [-0.15, -0.1) is 0 Å². The number of unbranched alkanes of at least 4 members (excludes halogenated alkanes) is 6. The Morgan fingerprint density at radius 2 is 1.25 bits per heavy atom. The summed E-state index contributed by atoms with van der Waals surface area (Å²) in [6, 6.07) is 10.8. The van der Waals surface area contributed by atoms with Crippen LogP contribution in [-0.4, -0.2) is 16.3 Å². The molecule has 0 amide bonds. The quantitative estimate of drug-likeness (QED) is 0.431. The Kier molecular flexibility index (Phi) is 8.58. The van der Waals surface area contributed by atoms with Gasteiger partial charge in [-0.1, -0.05) is 6.07 Å². The average Bonchev–Trinajstić information content (AvgIpc) is 2.34. The van der Waals surface area contributed by atoms with E-state index in [1.165, 1.54) is 62.2 Å². The van der Waals surface area contributed by atoms with Crippen molar-refractivity contribution in [3.8, 4) is 0 Å². The van der Waals surface area contributed by atoms with Crippen LogP contribution in [0.2, 0.25) is 5.28 Å². The number of rotatable bonds is 9. The maximum atomic E-state index is 2.81. The fraction of sp³-hybridized carbons (Fsp3) is 0.600. The van der Waals surface area contributed by atoms with E-state index in [0.717, 1.165) is 0 Å². The molecule has 0 N–H and O–H groups in total. The van der Waals surface area contributed by atoms with Crippen LogP contribution in [0.1, 0.15) is 50.5 Å². The van der Waals surface area contributed by atoms with Gasteiger partial charge in [0.2, 0.25) is 0 Å². The molecule has 0 radical (unpaired) electrons. The Morgan fingerprint density at radius 3 is 1.88 bits per heavy atom. The van der Waals surface area contributed by atoms with Gasteiger partial charge >= 0.3 is 103 Å². The molecule has 1 rings (SSSR count). The van der Waals surface area contributed by atoms with Gasteiger partial charge in [0.25, 0.3) is 0 Å². The second-order valence-corrected chi connectivity index (χ2v) is 5.08. The number of hydrogen-bond donors (Lipinski definition) is 0. The molecule has 0 fully saturated rings. The van der Waals surface area contributed by atoms with Crippen LogP contribution in [0, 0.1) is 0 Å². The first kappa shape index (κ1) is 13.8. The fourth-order valence-corrected chi connectivity index (χ4v) is 2.29. The van der Waals surface area contributed by atoms with E-state index < -0.39 is 0 Å². The van der Waals surface area contributed by atoms with Gasteiger partial charge in [-0.3, -0.25) is 0 Å². The van der Waals surface area contributed by atoms with E-state index >= 15 is 0 Å². The summed E-state index contributed by atoms with van der Waals surface area (Å²) in [6.45, 7) is 0. The van der Waals surface area contributed by atoms with Crippen molar-refractivity contribution in [3.05, 3.63) is 35.9 Å². The predicted molar refractivity (Wildman–Crippen MR) is 73.0 cm³/mol. The SMILES string of the molecule is [Al+2][CH2]CCCCCCCCc1ccccc1. The summed E-state index contributed by atoms with van der Waals surface area (Å²) >= 11 is 2.81. The molecule has 0 saturated carbocycles. The topological polar surface area (TPSA) is 0 Å². The summed E-state index contributed by atoms with van der Waals surface area (Å²) in [7, 11) is 0. The average molecular weight is 230 g/mol. The second kappa shape index (κ2) is 9.94. The molecular weight excluding hydrogens is 207 g/mol. The van der Waals surface area contributed by atoms with E-state index in [4.69, 9.17) is 0 Å². The number of aryl methyl sites for hydroxylation is 1. The van der Waals surface area contributed by atoms with Gasteiger partial charge in [0, 0.05) is 0 Å². The normalized spacial score (nSPS) is 10.6. The van der Waals surface area contributed by atoms with Gasteiger partial charge in [-0.2, -0.15) is 0 Å². The number of hydrogen-bond acceptors (Lipinski definition) is 0. The van der Waals surface area contributed by atoms with Gasteiger partial charge in [0.05, 0.1) is 0 Å². The van der Waals surface area contributed by atoms with Gasteiger partial charge in [0.15, 0.2) is 0 Å². The molecule has 0 spiro atoms. The third-order valence-electron chi connectivity index (χ3n) is 3.01. The van der Waals surface area contributed by atoms with Crippen molar-refractivity contribution in [3.63, 3.8) is 0 Å². The maximum absolute atomic E-state index is 2.81. The van der Waals surface area contributed by atoms with Crippen molar-refractivity contribution in [1.29, 1.82) is 0 Å². The third kappa shape index (κ3) is 7.10. The Balaban J connectivity index is 1.89. The molecule has 1 aromatic carbocycles. The molecule has 0 heterocycles. The third-order valence-corrected chi connectivity index (χ3v) is 3.42. The van der Waals surface area contributed by atoms with Gasteiger partial charge < -0.3 is 0 Å². The predicted octanol–water partition coefficient (Wildman–Crippen LogP) is 4.55.